The molecule has 1 N–H and O–H groups in total. The van der Waals surface area contributed by atoms with Crippen molar-refractivity contribution in [3.63, 3.8) is 0 Å². The Morgan fingerprint density at radius 1 is 1.30 bits per heavy atom. The van der Waals surface area contributed by atoms with Crippen molar-refractivity contribution in [1.29, 1.82) is 0 Å². The molecule has 0 amide bonds. The molecule has 1 aliphatic rings. The van der Waals surface area contributed by atoms with Crippen molar-refractivity contribution in [3.8, 4) is 10.7 Å². The fourth-order valence-electron chi connectivity index (χ4n) is 2.44. The lowest BCUT2D eigenvalue weighted by molar-refractivity contribution is 0.354. The van der Waals surface area contributed by atoms with Crippen LogP contribution in [-0.4, -0.2) is 21.7 Å². The molecule has 3 heterocycles. The van der Waals surface area contributed by atoms with Gasteiger partial charge in [0.2, 0.25) is 11.7 Å². The number of aromatic nitrogens is 3. The number of rotatable bonds is 2. The molecule has 20 heavy (non-hydrogen) atoms. The van der Waals surface area contributed by atoms with E-state index in [1.54, 1.807) is 11.7 Å². The Morgan fingerprint density at radius 3 is 3.15 bits per heavy atom. The van der Waals surface area contributed by atoms with Gasteiger partial charge in [0.25, 0.3) is 0 Å². The minimum Gasteiger partial charge on any atom is -0.384 e. The van der Waals surface area contributed by atoms with Crippen molar-refractivity contribution < 1.29 is 4.52 Å². The van der Waals surface area contributed by atoms with Crippen molar-refractivity contribution in [2.45, 2.75) is 12.3 Å². The van der Waals surface area contributed by atoms with Gasteiger partial charge in [-0.3, -0.25) is 4.98 Å². The van der Waals surface area contributed by atoms with Crippen LogP contribution in [0.4, 0.5) is 5.69 Å². The lowest BCUT2D eigenvalue weighted by Crippen LogP contribution is -2.21. The van der Waals surface area contributed by atoms with Gasteiger partial charge >= 0.3 is 0 Å². The zero-order chi connectivity index (χ0) is 13.4. The second kappa shape index (κ2) is 4.72. The summed E-state index contributed by atoms with van der Waals surface area (Å²) in [5.74, 6) is 1.54. The second-order valence-corrected chi connectivity index (χ2v) is 5.65. The molecule has 0 saturated carbocycles. The fraction of sp³-hybridized carbons (Fsp3) is 0.214. The third kappa shape index (κ3) is 1.98. The van der Waals surface area contributed by atoms with E-state index in [1.165, 1.54) is 22.6 Å². The highest BCUT2D eigenvalue weighted by Crippen LogP contribution is 2.30. The van der Waals surface area contributed by atoms with E-state index in [0.29, 0.717) is 11.7 Å². The van der Waals surface area contributed by atoms with Gasteiger partial charge in [0.05, 0.1) is 16.3 Å². The summed E-state index contributed by atoms with van der Waals surface area (Å²) < 4.78 is 5.42. The zero-order valence-electron chi connectivity index (χ0n) is 10.6. The molecular weight excluding hydrogens is 272 g/mol. The van der Waals surface area contributed by atoms with E-state index < -0.39 is 0 Å². The molecule has 2 aromatic heterocycles. The van der Waals surface area contributed by atoms with Crippen LogP contribution in [0.15, 0.2) is 40.5 Å². The Hall–Kier alpha value is -2.21. The molecule has 0 radical (unpaired) electrons. The van der Waals surface area contributed by atoms with Crippen molar-refractivity contribution in [3.05, 3.63) is 47.4 Å². The number of fused-ring (bicyclic) bond motifs is 1. The Labute approximate surface area is 119 Å². The minimum absolute atomic E-state index is 0.221. The Morgan fingerprint density at radius 2 is 2.25 bits per heavy atom. The Balaban J connectivity index is 1.60. The number of nitrogens with zero attached hydrogens (tertiary/aromatic N) is 3. The largest absolute Gasteiger partial charge is 0.384 e. The van der Waals surface area contributed by atoms with Crippen molar-refractivity contribution >= 4 is 17.0 Å². The molecule has 1 aliphatic heterocycles. The normalized spacial score (nSPS) is 17.5. The molecule has 1 aromatic carbocycles. The monoisotopic (exact) mass is 284 g/mol. The first-order valence-corrected chi connectivity index (χ1v) is 7.32. The molecule has 0 spiro atoms. The van der Waals surface area contributed by atoms with Gasteiger partial charge < -0.3 is 9.84 Å². The maximum atomic E-state index is 5.42. The van der Waals surface area contributed by atoms with Gasteiger partial charge in [-0.15, -0.1) is 11.3 Å². The van der Waals surface area contributed by atoms with Gasteiger partial charge in [-0.05, 0) is 18.1 Å². The summed E-state index contributed by atoms with van der Waals surface area (Å²) in [6.45, 7) is 0.821. The molecule has 6 heteroatoms. The highest BCUT2D eigenvalue weighted by molar-refractivity contribution is 7.13. The van der Waals surface area contributed by atoms with Crippen LogP contribution in [0.2, 0.25) is 0 Å². The standard InChI is InChI=1S/C14H12N4OS/c1-2-4-11-9(3-1)5-10(6-16-11)14-17-13(18-19-14)12-7-15-8-20-12/h1-4,7-8,10,16H,5-6H2. The highest BCUT2D eigenvalue weighted by Gasteiger charge is 2.24. The summed E-state index contributed by atoms with van der Waals surface area (Å²) in [5.41, 5.74) is 4.26. The number of thiazole rings is 1. The first-order chi connectivity index (χ1) is 9.90. The third-order valence-electron chi connectivity index (χ3n) is 3.47. The number of benzene rings is 1. The number of nitrogens with one attached hydrogen (secondary N) is 1. The van der Waals surface area contributed by atoms with Gasteiger partial charge in [0, 0.05) is 18.4 Å². The molecule has 0 aliphatic carbocycles. The summed E-state index contributed by atoms with van der Waals surface area (Å²) >= 11 is 1.51. The van der Waals surface area contributed by atoms with Crippen LogP contribution >= 0.6 is 11.3 Å². The van der Waals surface area contributed by atoms with Crippen molar-refractivity contribution in [1.82, 2.24) is 15.1 Å². The van der Waals surface area contributed by atoms with E-state index >= 15 is 0 Å². The second-order valence-electron chi connectivity index (χ2n) is 4.76. The zero-order valence-corrected chi connectivity index (χ0v) is 11.4. The molecule has 0 bridgehead atoms. The average molecular weight is 284 g/mol. The predicted octanol–water partition coefficient (Wildman–Crippen LogP) is 2.94. The van der Waals surface area contributed by atoms with Crippen LogP contribution in [0, 0.1) is 0 Å². The third-order valence-corrected chi connectivity index (χ3v) is 4.24. The van der Waals surface area contributed by atoms with Crippen LogP contribution in [0.3, 0.4) is 0 Å². The molecule has 0 fully saturated rings. The van der Waals surface area contributed by atoms with Crippen molar-refractivity contribution in [2.24, 2.45) is 0 Å². The smallest absolute Gasteiger partial charge is 0.232 e. The summed E-state index contributed by atoms with van der Waals surface area (Å²) in [7, 11) is 0. The van der Waals surface area contributed by atoms with E-state index in [1.807, 2.05) is 6.07 Å². The summed E-state index contributed by atoms with van der Waals surface area (Å²) in [6, 6.07) is 8.33. The number of hydrogen-bond acceptors (Lipinski definition) is 6. The first-order valence-electron chi connectivity index (χ1n) is 6.44. The maximum absolute atomic E-state index is 5.42. The number of anilines is 1. The van der Waals surface area contributed by atoms with Gasteiger partial charge in [0.1, 0.15) is 0 Å². The Bertz CT molecular complexity index is 722. The lowest BCUT2D eigenvalue weighted by Gasteiger charge is -2.23. The van der Waals surface area contributed by atoms with E-state index in [-0.39, 0.29) is 5.92 Å². The fourth-order valence-corrected chi connectivity index (χ4v) is 2.99. The first kappa shape index (κ1) is 11.6. The van der Waals surface area contributed by atoms with Gasteiger partial charge in [-0.1, -0.05) is 23.4 Å². The topological polar surface area (TPSA) is 63.8 Å². The predicted molar refractivity (Wildman–Crippen MR) is 76.8 cm³/mol. The van der Waals surface area contributed by atoms with E-state index in [4.69, 9.17) is 4.52 Å². The van der Waals surface area contributed by atoms with Crippen LogP contribution < -0.4 is 5.32 Å². The van der Waals surface area contributed by atoms with Gasteiger partial charge in [0.15, 0.2) is 0 Å². The molecule has 0 saturated heterocycles. The summed E-state index contributed by atoms with van der Waals surface area (Å²) in [4.78, 5) is 9.47. The van der Waals surface area contributed by atoms with Crippen LogP contribution in [0.25, 0.3) is 10.7 Å². The van der Waals surface area contributed by atoms with E-state index in [9.17, 15) is 0 Å². The van der Waals surface area contributed by atoms with E-state index in [0.717, 1.165) is 17.8 Å². The minimum atomic E-state index is 0.221. The lowest BCUT2D eigenvalue weighted by atomic mass is 9.94. The Kier molecular flexibility index (Phi) is 2.74. The van der Waals surface area contributed by atoms with E-state index in [2.05, 4.69) is 38.6 Å². The molecule has 1 unspecified atom stereocenters. The van der Waals surface area contributed by atoms with Gasteiger partial charge in [-0.2, -0.15) is 4.98 Å². The molecule has 3 aromatic rings. The number of hydrogen-bond donors (Lipinski definition) is 1. The highest BCUT2D eigenvalue weighted by atomic mass is 32.1. The summed E-state index contributed by atoms with van der Waals surface area (Å²) in [5, 5.41) is 7.46. The SMILES string of the molecule is c1ccc2c(c1)CC(c1nc(-c3cncs3)no1)CN2. The van der Waals surface area contributed by atoms with Crippen LogP contribution in [0.1, 0.15) is 17.4 Å². The summed E-state index contributed by atoms with van der Waals surface area (Å²) in [6.07, 6.45) is 2.68. The molecule has 5 nitrogen and oxygen atoms in total. The van der Waals surface area contributed by atoms with Crippen LogP contribution in [-0.2, 0) is 6.42 Å². The molecule has 1 atom stereocenters. The molecule has 100 valence electrons. The quantitative estimate of drug-likeness (QED) is 0.784. The molecular formula is C14H12N4OS. The van der Waals surface area contributed by atoms with Crippen LogP contribution in [0.5, 0.6) is 0 Å². The molecule has 4 rings (SSSR count). The number of para-hydroxylation sites is 1. The van der Waals surface area contributed by atoms with Gasteiger partial charge in [-0.25, -0.2) is 0 Å². The van der Waals surface area contributed by atoms with Crippen molar-refractivity contribution in [2.75, 3.05) is 11.9 Å². The average Bonchev–Trinajstić information content (AvgIpc) is 3.17. The maximum Gasteiger partial charge on any atom is 0.232 e.